The zero-order valence-electron chi connectivity index (χ0n) is 10.6. The van der Waals surface area contributed by atoms with E-state index in [0.717, 1.165) is 38.0 Å². The summed E-state index contributed by atoms with van der Waals surface area (Å²) in [4.78, 5) is 0. The molecular formula is C14H18F3NO. The predicted molar refractivity (Wildman–Crippen MR) is 66.6 cm³/mol. The van der Waals surface area contributed by atoms with Gasteiger partial charge in [-0.25, -0.2) is 0 Å². The van der Waals surface area contributed by atoms with E-state index >= 15 is 0 Å². The Morgan fingerprint density at radius 2 is 2.11 bits per heavy atom. The van der Waals surface area contributed by atoms with E-state index in [-0.39, 0.29) is 6.10 Å². The Hall–Kier alpha value is -1.07. The van der Waals surface area contributed by atoms with E-state index in [9.17, 15) is 13.2 Å². The van der Waals surface area contributed by atoms with Gasteiger partial charge in [0, 0.05) is 12.6 Å². The Morgan fingerprint density at radius 3 is 2.74 bits per heavy atom. The van der Waals surface area contributed by atoms with Crippen molar-refractivity contribution < 1.29 is 17.9 Å². The van der Waals surface area contributed by atoms with Crippen molar-refractivity contribution in [2.45, 2.75) is 44.0 Å². The molecule has 1 heterocycles. The third-order valence-corrected chi connectivity index (χ3v) is 3.43. The molecule has 1 aromatic rings. The summed E-state index contributed by atoms with van der Waals surface area (Å²) in [5.41, 5.74) is 5.86. The summed E-state index contributed by atoms with van der Waals surface area (Å²) in [7, 11) is 0. The fraction of sp³-hybridized carbons (Fsp3) is 0.571. The standard InChI is InChI=1S/C14H18F3NO/c15-14(16,17)11-5-3-4-10(8-11)13(18)9-12-6-1-2-7-19-12/h3-5,8,12-13H,1-2,6-7,9,18H2. The number of hydrogen-bond donors (Lipinski definition) is 1. The lowest BCUT2D eigenvalue weighted by atomic mass is 9.96. The summed E-state index contributed by atoms with van der Waals surface area (Å²) in [6.07, 6.45) is -0.598. The van der Waals surface area contributed by atoms with Crippen LogP contribution in [0.15, 0.2) is 24.3 Å². The van der Waals surface area contributed by atoms with Crippen molar-refractivity contribution in [3.63, 3.8) is 0 Å². The van der Waals surface area contributed by atoms with Crippen LogP contribution in [0.5, 0.6) is 0 Å². The number of rotatable bonds is 3. The minimum atomic E-state index is -4.32. The first-order valence-electron chi connectivity index (χ1n) is 6.51. The van der Waals surface area contributed by atoms with Crippen molar-refractivity contribution in [3.8, 4) is 0 Å². The molecule has 0 bridgehead atoms. The normalized spacial score (nSPS) is 22.2. The molecule has 2 N–H and O–H groups in total. The van der Waals surface area contributed by atoms with Gasteiger partial charge in [-0.1, -0.05) is 12.1 Å². The third kappa shape index (κ3) is 3.94. The molecule has 0 radical (unpaired) electrons. The Morgan fingerprint density at radius 1 is 1.32 bits per heavy atom. The van der Waals surface area contributed by atoms with Crippen molar-refractivity contribution in [3.05, 3.63) is 35.4 Å². The maximum Gasteiger partial charge on any atom is 0.416 e. The summed E-state index contributed by atoms with van der Waals surface area (Å²) in [5, 5.41) is 0. The molecule has 2 nitrogen and oxygen atoms in total. The second-order valence-corrected chi connectivity index (χ2v) is 4.95. The minimum Gasteiger partial charge on any atom is -0.378 e. The Labute approximate surface area is 110 Å². The molecule has 1 aliphatic heterocycles. The molecule has 1 fully saturated rings. The first-order chi connectivity index (χ1) is 8.97. The number of benzene rings is 1. The van der Waals surface area contributed by atoms with Gasteiger partial charge in [-0.2, -0.15) is 13.2 Å². The van der Waals surface area contributed by atoms with Crippen LogP contribution in [-0.2, 0) is 10.9 Å². The van der Waals surface area contributed by atoms with Crippen LogP contribution >= 0.6 is 0 Å². The smallest absolute Gasteiger partial charge is 0.378 e. The van der Waals surface area contributed by atoms with Crippen LogP contribution in [0.2, 0.25) is 0 Å². The summed E-state index contributed by atoms with van der Waals surface area (Å²) in [6.45, 7) is 0.722. The molecule has 2 atom stereocenters. The molecule has 0 amide bonds. The van der Waals surface area contributed by atoms with Crippen molar-refractivity contribution in [2.24, 2.45) is 5.73 Å². The lowest BCUT2D eigenvalue weighted by Gasteiger charge is -2.25. The van der Waals surface area contributed by atoms with Gasteiger partial charge in [-0.15, -0.1) is 0 Å². The lowest BCUT2D eigenvalue weighted by Crippen LogP contribution is -2.25. The van der Waals surface area contributed by atoms with Crippen molar-refractivity contribution in [1.29, 1.82) is 0 Å². The molecule has 0 aromatic heterocycles. The first kappa shape index (κ1) is 14.3. The zero-order valence-corrected chi connectivity index (χ0v) is 10.6. The van der Waals surface area contributed by atoms with Gasteiger partial charge in [0.05, 0.1) is 11.7 Å². The fourth-order valence-corrected chi connectivity index (χ4v) is 2.36. The molecule has 1 saturated heterocycles. The van der Waals surface area contributed by atoms with E-state index in [1.54, 1.807) is 6.07 Å². The van der Waals surface area contributed by atoms with Crippen LogP contribution in [0.25, 0.3) is 0 Å². The highest BCUT2D eigenvalue weighted by Crippen LogP contribution is 2.31. The van der Waals surface area contributed by atoms with Gasteiger partial charge in [0.25, 0.3) is 0 Å². The fourth-order valence-electron chi connectivity index (χ4n) is 2.36. The molecule has 2 rings (SSSR count). The maximum absolute atomic E-state index is 12.6. The molecule has 5 heteroatoms. The van der Waals surface area contributed by atoms with E-state index in [0.29, 0.717) is 12.0 Å². The van der Waals surface area contributed by atoms with E-state index in [4.69, 9.17) is 10.5 Å². The van der Waals surface area contributed by atoms with Crippen molar-refractivity contribution >= 4 is 0 Å². The number of ether oxygens (including phenoxy) is 1. The van der Waals surface area contributed by atoms with Gasteiger partial charge in [-0.05, 0) is 43.4 Å². The second kappa shape index (κ2) is 5.92. The number of nitrogens with two attached hydrogens (primary N) is 1. The average Bonchev–Trinajstić information content (AvgIpc) is 2.39. The molecule has 1 aromatic carbocycles. The Balaban J connectivity index is 2.04. The minimum absolute atomic E-state index is 0.0679. The van der Waals surface area contributed by atoms with Crippen LogP contribution in [0.1, 0.15) is 42.9 Å². The van der Waals surface area contributed by atoms with Crippen LogP contribution < -0.4 is 5.73 Å². The Bertz CT molecular complexity index is 413. The van der Waals surface area contributed by atoms with E-state index < -0.39 is 17.8 Å². The third-order valence-electron chi connectivity index (χ3n) is 3.43. The Kier molecular flexibility index (Phi) is 4.47. The summed E-state index contributed by atoms with van der Waals surface area (Å²) in [6, 6.07) is 4.83. The second-order valence-electron chi connectivity index (χ2n) is 4.95. The van der Waals surface area contributed by atoms with E-state index in [1.807, 2.05) is 0 Å². The largest absolute Gasteiger partial charge is 0.416 e. The van der Waals surface area contributed by atoms with Gasteiger partial charge in [0.2, 0.25) is 0 Å². The van der Waals surface area contributed by atoms with E-state index in [1.165, 1.54) is 6.07 Å². The highest BCUT2D eigenvalue weighted by Gasteiger charge is 2.31. The predicted octanol–water partition coefficient (Wildman–Crippen LogP) is 3.66. The summed E-state index contributed by atoms with van der Waals surface area (Å²) >= 11 is 0. The van der Waals surface area contributed by atoms with Crippen molar-refractivity contribution in [1.82, 2.24) is 0 Å². The molecule has 106 valence electrons. The summed E-state index contributed by atoms with van der Waals surface area (Å²) in [5.74, 6) is 0. The number of halogens is 3. The van der Waals surface area contributed by atoms with E-state index in [2.05, 4.69) is 0 Å². The zero-order chi connectivity index (χ0) is 13.9. The number of hydrogen-bond acceptors (Lipinski definition) is 2. The molecule has 19 heavy (non-hydrogen) atoms. The molecule has 2 unspecified atom stereocenters. The van der Waals surface area contributed by atoms with Crippen LogP contribution in [0.4, 0.5) is 13.2 Å². The van der Waals surface area contributed by atoms with Crippen LogP contribution in [0.3, 0.4) is 0 Å². The van der Waals surface area contributed by atoms with Gasteiger partial charge < -0.3 is 10.5 Å². The lowest BCUT2D eigenvalue weighted by molar-refractivity contribution is -0.137. The van der Waals surface area contributed by atoms with Crippen LogP contribution in [-0.4, -0.2) is 12.7 Å². The van der Waals surface area contributed by atoms with Gasteiger partial charge >= 0.3 is 6.18 Å². The molecule has 0 spiro atoms. The molecule has 0 aliphatic carbocycles. The monoisotopic (exact) mass is 273 g/mol. The van der Waals surface area contributed by atoms with Gasteiger partial charge in [-0.3, -0.25) is 0 Å². The topological polar surface area (TPSA) is 35.2 Å². The molecule has 0 saturated carbocycles. The average molecular weight is 273 g/mol. The molecule has 1 aliphatic rings. The maximum atomic E-state index is 12.6. The SMILES string of the molecule is NC(CC1CCCCO1)c1cccc(C(F)(F)F)c1. The highest BCUT2D eigenvalue weighted by molar-refractivity contribution is 5.27. The van der Waals surface area contributed by atoms with Crippen molar-refractivity contribution in [2.75, 3.05) is 6.61 Å². The van der Waals surface area contributed by atoms with Gasteiger partial charge in [0.1, 0.15) is 0 Å². The first-order valence-corrected chi connectivity index (χ1v) is 6.51. The number of alkyl halides is 3. The highest BCUT2D eigenvalue weighted by atomic mass is 19.4. The summed E-state index contributed by atoms with van der Waals surface area (Å²) < 4.78 is 43.4. The van der Waals surface area contributed by atoms with Gasteiger partial charge in [0.15, 0.2) is 0 Å². The molecular weight excluding hydrogens is 255 g/mol. The quantitative estimate of drug-likeness (QED) is 0.912. The van der Waals surface area contributed by atoms with Crippen LogP contribution in [0, 0.1) is 0 Å².